The molecule has 4 rings (SSSR count). The molecule has 1 aromatic carbocycles. The summed E-state index contributed by atoms with van der Waals surface area (Å²) >= 11 is 1.48. The van der Waals surface area contributed by atoms with Crippen LogP contribution in [0.15, 0.2) is 35.1 Å². The van der Waals surface area contributed by atoms with Crippen molar-refractivity contribution < 1.29 is 23.7 Å². The first-order valence-corrected chi connectivity index (χ1v) is 14.6. The third kappa shape index (κ3) is 7.73. The highest BCUT2D eigenvalue weighted by molar-refractivity contribution is 7.98. The first-order valence-electron chi connectivity index (χ1n) is 13.4. The highest BCUT2D eigenvalue weighted by atomic mass is 32.2. The van der Waals surface area contributed by atoms with Gasteiger partial charge in [-0.3, -0.25) is 0 Å². The van der Waals surface area contributed by atoms with E-state index in [0.29, 0.717) is 42.9 Å². The van der Waals surface area contributed by atoms with Crippen LogP contribution in [0.2, 0.25) is 0 Å². The Bertz CT molecular complexity index is 1330. The van der Waals surface area contributed by atoms with Crippen LogP contribution in [0.4, 0.5) is 4.79 Å². The first kappa shape index (κ1) is 28.9. The van der Waals surface area contributed by atoms with Gasteiger partial charge < -0.3 is 24.3 Å². The fourth-order valence-electron chi connectivity index (χ4n) is 4.26. The van der Waals surface area contributed by atoms with Gasteiger partial charge in [0.05, 0.1) is 19.2 Å². The SMILES string of the molecule is COC(=C1CCC1)c1ccc2c(c1)nc(OCCOCCCCNC(=O)OC(C)(C)C)c1nc(SC)ncc12. The number of allylic oxidation sites excluding steroid dienone is 1. The van der Waals surface area contributed by atoms with Crippen molar-refractivity contribution in [3.8, 4) is 5.88 Å². The standard InChI is InChI=1S/C29H38N4O5S/c1-29(2,3)38-28(34)30-13-6-7-14-36-15-16-37-26-24-22(18-31-27(33-24)39-5)21-12-11-20(17-23(21)32-26)25(35-4)19-9-8-10-19/h11-12,17-18H,6-10,13-16H2,1-5H3,(H,30,34). The van der Waals surface area contributed by atoms with Gasteiger partial charge >= 0.3 is 6.09 Å². The maximum atomic E-state index is 11.7. The molecule has 39 heavy (non-hydrogen) atoms. The minimum Gasteiger partial charge on any atom is -0.496 e. The molecule has 1 saturated carbocycles. The van der Waals surface area contributed by atoms with Gasteiger partial charge in [-0.1, -0.05) is 23.9 Å². The summed E-state index contributed by atoms with van der Waals surface area (Å²) in [6.45, 7) is 7.41. The number of amides is 1. The van der Waals surface area contributed by atoms with Gasteiger partial charge in [0.15, 0.2) is 5.16 Å². The van der Waals surface area contributed by atoms with Crippen LogP contribution in [0.3, 0.4) is 0 Å². The molecule has 0 aliphatic heterocycles. The van der Waals surface area contributed by atoms with E-state index in [0.717, 1.165) is 53.3 Å². The van der Waals surface area contributed by atoms with E-state index in [-0.39, 0.29) is 0 Å². The zero-order valence-electron chi connectivity index (χ0n) is 23.5. The minimum atomic E-state index is -0.496. The lowest BCUT2D eigenvalue weighted by molar-refractivity contribution is 0.0523. The quantitative estimate of drug-likeness (QED) is 0.0929. The van der Waals surface area contributed by atoms with Crippen LogP contribution in [0.25, 0.3) is 27.6 Å². The molecule has 1 aliphatic carbocycles. The van der Waals surface area contributed by atoms with Crippen LogP contribution < -0.4 is 10.1 Å². The van der Waals surface area contributed by atoms with Gasteiger partial charge in [0.25, 0.3) is 0 Å². The summed E-state index contributed by atoms with van der Waals surface area (Å²) in [6, 6.07) is 6.19. The van der Waals surface area contributed by atoms with Crippen molar-refractivity contribution in [1.29, 1.82) is 0 Å². The maximum Gasteiger partial charge on any atom is 0.407 e. The summed E-state index contributed by atoms with van der Waals surface area (Å²) in [4.78, 5) is 25.7. The Morgan fingerprint density at radius 3 is 2.59 bits per heavy atom. The van der Waals surface area contributed by atoms with Crippen LogP contribution in [-0.4, -0.2) is 66.4 Å². The fourth-order valence-corrected chi connectivity index (χ4v) is 4.60. The second-order valence-corrected chi connectivity index (χ2v) is 11.1. The fraction of sp³-hybridized carbons (Fsp3) is 0.517. The molecule has 3 aromatic rings. The molecule has 1 N–H and O–H groups in total. The molecule has 1 aliphatic rings. The number of carbonyl (C=O) groups is 1. The van der Waals surface area contributed by atoms with Crippen molar-refractivity contribution in [3.63, 3.8) is 0 Å². The number of fused-ring (bicyclic) bond motifs is 3. The minimum absolute atomic E-state index is 0.343. The molecular weight excluding hydrogens is 516 g/mol. The number of ether oxygens (including phenoxy) is 4. The molecule has 9 nitrogen and oxygen atoms in total. The summed E-state index contributed by atoms with van der Waals surface area (Å²) in [5, 5.41) is 5.29. The average Bonchev–Trinajstić information content (AvgIpc) is 2.87. The molecule has 10 heteroatoms. The zero-order chi connectivity index (χ0) is 27.8. The molecular formula is C29H38N4O5S. The second kappa shape index (κ2) is 13.3. The number of hydrogen-bond acceptors (Lipinski definition) is 9. The number of hydrogen-bond donors (Lipinski definition) is 1. The summed E-state index contributed by atoms with van der Waals surface area (Å²) in [7, 11) is 1.72. The summed E-state index contributed by atoms with van der Waals surface area (Å²) < 4.78 is 22.8. The first-order chi connectivity index (χ1) is 18.8. The number of benzene rings is 1. The molecule has 0 radical (unpaired) electrons. The normalized spacial score (nSPS) is 13.3. The van der Waals surface area contributed by atoms with Crippen LogP contribution in [0.5, 0.6) is 5.88 Å². The number of nitrogens with zero attached hydrogens (tertiary/aromatic N) is 3. The number of methoxy groups -OCH3 is 1. The topological polar surface area (TPSA) is 105 Å². The van der Waals surface area contributed by atoms with E-state index in [1.807, 2.05) is 33.2 Å². The van der Waals surface area contributed by atoms with Crippen LogP contribution in [0.1, 0.15) is 58.4 Å². The van der Waals surface area contributed by atoms with Gasteiger partial charge in [0.2, 0.25) is 5.88 Å². The Morgan fingerprint density at radius 2 is 1.90 bits per heavy atom. The zero-order valence-corrected chi connectivity index (χ0v) is 24.3. The van der Waals surface area contributed by atoms with Crippen molar-refractivity contribution in [3.05, 3.63) is 35.5 Å². The Hall–Kier alpha value is -3.11. The molecule has 1 fully saturated rings. The third-order valence-corrected chi connectivity index (χ3v) is 6.82. The number of thioether (sulfide) groups is 1. The van der Waals surface area contributed by atoms with Crippen molar-refractivity contribution >= 4 is 45.4 Å². The smallest absolute Gasteiger partial charge is 0.407 e. The Labute approximate surface area is 234 Å². The van der Waals surface area contributed by atoms with E-state index in [1.165, 1.54) is 23.8 Å². The lowest BCUT2D eigenvalue weighted by Crippen LogP contribution is -2.33. The molecule has 210 valence electrons. The highest BCUT2D eigenvalue weighted by Gasteiger charge is 2.19. The average molecular weight is 555 g/mol. The van der Waals surface area contributed by atoms with E-state index in [4.69, 9.17) is 28.9 Å². The molecule has 1 amide bonds. The van der Waals surface area contributed by atoms with Crippen molar-refractivity contribution in [1.82, 2.24) is 20.3 Å². The van der Waals surface area contributed by atoms with Crippen molar-refractivity contribution in [2.24, 2.45) is 0 Å². The van der Waals surface area contributed by atoms with Gasteiger partial charge in [-0.05, 0) is 70.8 Å². The van der Waals surface area contributed by atoms with Crippen LogP contribution in [0, 0.1) is 0 Å². The Balaban J connectivity index is 1.37. The van der Waals surface area contributed by atoms with Gasteiger partial charge in [-0.2, -0.15) is 0 Å². The Kier molecular flexibility index (Phi) is 9.85. The van der Waals surface area contributed by atoms with E-state index in [1.54, 1.807) is 7.11 Å². The largest absolute Gasteiger partial charge is 0.496 e. The van der Waals surface area contributed by atoms with E-state index < -0.39 is 11.7 Å². The number of carbonyl (C=O) groups excluding carboxylic acids is 1. The lowest BCUT2D eigenvalue weighted by atomic mass is 9.89. The van der Waals surface area contributed by atoms with E-state index in [9.17, 15) is 4.79 Å². The molecule has 2 aromatic heterocycles. The number of unbranched alkanes of at least 4 members (excludes halogenated alkanes) is 1. The molecule has 0 saturated heterocycles. The van der Waals surface area contributed by atoms with Crippen LogP contribution in [-0.2, 0) is 14.2 Å². The predicted molar refractivity (Wildman–Crippen MR) is 154 cm³/mol. The molecule has 0 spiro atoms. The van der Waals surface area contributed by atoms with Gasteiger partial charge in [0.1, 0.15) is 23.5 Å². The Morgan fingerprint density at radius 1 is 1.08 bits per heavy atom. The number of rotatable bonds is 12. The van der Waals surface area contributed by atoms with Gasteiger partial charge in [-0.15, -0.1) is 0 Å². The van der Waals surface area contributed by atoms with E-state index >= 15 is 0 Å². The third-order valence-electron chi connectivity index (χ3n) is 6.26. The van der Waals surface area contributed by atoms with Gasteiger partial charge in [-0.25, -0.2) is 19.7 Å². The second-order valence-electron chi connectivity index (χ2n) is 10.4. The molecule has 0 bridgehead atoms. The number of aromatic nitrogens is 3. The lowest BCUT2D eigenvalue weighted by Gasteiger charge is -2.21. The molecule has 0 atom stereocenters. The number of alkyl carbamates (subject to hydrolysis) is 1. The molecule has 0 unspecified atom stereocenters. The molecule has 2 heterocycles. The monoisotopic (exact) mass is 554 g/mol. The van der Waals surface area contributed by atoms with Crippen LogP contribution >= 0.6 is 11.8 Å². The summed E-state index contributed by atoms with van der Waals surface area (Å²) in [5.74, 6) is 1.41. The predicted octanol–water partition coefficient (Wildman–Crippen LogP) is 6.14. The highest BCUT2D eigenvalue weighted by Crippen LogP contribution is 2.36. The van der Waals surface area contributed by atoms with Crippen molar-refractivity contribution in [2.75, 3.05) is 39.7 Å². The summed E-state index contributed by atoms with van der Waals surface area (Å²) in [6.07, 6.45) is 8.36. The van der Waals surface area contributed by atoms with Crippen molar-refractivity contribution in [2.45, 2.75) is 63.6 Å². The summed E-state index contributed by atoms with van der Waals surface area (Å²) in [5.41, 5.74) is 3.36. The van der Waals surface area contributed by atoms with Gasteiger partial charge in [0, 0.05) is 35.7 Å². The number of pyridine rings is 1. The number of nitrogens with one attached hydrogen (secondary N) is 1. The maximum absolute atomic E-state index is 11.7. The van der Waals surface area contributed by atoms with E-state index in [2.05, 4.69) is 28.5 Å².